The van der Waals surface area contributed by atoms with Crippen molar-refractivity contribution in [2.75, 3.05) is 32.4 Å². The topological polar surface area (TPSA) is 146 Å². The number of amides is 3. The number of carbonyl (C=O) groups excluding carboxylic acids is 2. The third kappa shape index (κ3) is 6.64. The fraction of sp³-hybridized carbons (Fsp3) is 0.348. The highest BCUT2D eigenvalue weighted by Crippen LogP contribution is 2.30. The lowest BCUT2D eigenvalue weighted by Crippen LogP contribution is -2.48. The number of nitrogens with zero attached hydrogens (tertiary/aromatic N) is 4. The van der Waals surface area contributed by atoms with Crippen LogP contribution in [0.4, 0.5) is 10.5 Å². The number of nitrogens with two attached hydrogens (primary N) is 3. The molecule has 0 spiro atoms. The molecule has 3 amide bonds. The maximum Gasteiger partial charge on any atom is 0.318 e. The van der Waals surface area contributed by atoms with Gasteiger partial charge in [-0.1, -0.05) is 41.9 Å². The van der Waals surface area contributed by atoms with Crippen LogP contribution in [0.1, 0.15) is 30.0 Å². The molecule has 1 aliphatic heterocycles. The van der Waals surface area contributed by atoms with Crippen LogP contribution < -0.4 is 28.1 Å². The van der Waals surface area contributed by atoms with Crippen molar-refractivity contribution < 1.29 is 9.59 Å². The lowest BCUT2D eigenvalue weighted by Gasteiger charge is -2.28. The summed E-state index contributed by atoms with van der Waals surface area (Å²) in [6, 6.07) is 14.2. The molecule has 1 aliphatic rings. The highest BCUT2D eigenvalue weighted by molar-refractivity contribution is 6.33. The number of hydrogen-bond acceptors (Lipinski definition) is 6. The fourth-order valence-electron chi connectivity index (χ4n) is 4.04. The first-order valence-corrected chi connectivity index (χ1v) is 11.1. The molecular formula is C23H31BN8O2. The van der Waals surface area contributed by atoms with E-state index in [1.165, 1.54) is 11.9 Å². The molecule has 0 bridgehead atoms. The summed E-state index contributed by atoms with van der Waals surface area (Å²) < 4.78 is 0. The van der Waals surface area contributed by atoms with Crippen molar-refractivity contribution in [2.24, 2.45) is 16.7 Å². The number of likely N-dealkylation sites (tertiary alicyclic amines) is 1. The van der Waals surface area contributed by atoms with E-state index >= 15 is 0 Å². The zero-order chi connectivity index (χ0) is 24.7. The number of hydrogen-bond donors (Lipinski definition) is 4. The van der Waals surface area contributed by atoms with Crippen LogP contribution in [0.5, 0.6) is 0 Å². The Morgan fingerprint density at radius 2 is 1.91 bits per heavy atom. The van der Waals surface area contributed by atoms with Crippen LogP contribution >= 0.6 is 0 Å². The predicted octanol–water partition coefficient (Wildman–Crippen LogP) is 0.0156. The molecule has 1 fully saturated rings. The van der Waals surface area contributed by atoms with Gasteiger partial charge in [-0.25, -0.2) is 15.8 Å². The predicted molar refractivity (Wildman–Crippen MR) is 134 cm³/mol. The van der Waals surface area contributed by atoms with Gasteiger partial charge in [-0.3, -0.25) is 4.79 Å². The summed E-state index contributed by atoms with van der Waals surface area (Å²) in [6.45, 7) is 0.746. The van der Waals surface area contributed by atoms with E-state index < -0.39 is 6.03 Å². The summed E-state index contributed by atoms with van der Waals surface area (Å²) in [5, 5.41) is 7.73. The van der Waals surface area contributed by atoms with Crippen LogP contribution in [0, 0.1) is 0 Å². The highest BCUT2D eigenvalue weighted by atomic mass is 16.2. The second kappa shape index (κ2) is 11.4. The van der Waals surface area contributed by atoms with Crippen LogP contribution in [0.25, 0.3) is 0 Å². The van der Waals surface area contributed by atoms with Crippen LogP contribution in [-0.2, 0) is 11.3 Å². The Labute approximate surface area is 201 Å². The lowest BCUT2D eigenvalue weighted by molar-refractivity contribution is -0.131. The summed E-state index contributed by atoms with van der Waals surface area (Å²) in [5.74, 6) is 5.51. The van der Waals surface area contributed by atoms with E-state index in [1.54, 1.807) is 17.0 Å². The molecule has 1 heterocycles. The maximum atomic E-state index is 13.0. The van der Waals surface area contributed by atoms with Crippen LogP contribution in [0.3, 0.4) is 0 Å². The van der Waals surface area contributed by atoms with Crippen molar-refractivity contribution in [3.8, 4) is 0 Å². The van der Waals surface area contributed by atoms with E-state index in [2.05, 4.69) is 10.4 Å². The monoisotopic (exact) mass is 462 g/mol. The number of nitrogens with one attached hydrogen (secondary N) is 1. The second-order valence-electron chi connectivity index (χ2n) is 8.30. The molecule has 11 heteroatoms. The molecule has 178 valence electrons. The van der Waals surface area contributed by atoms with Gasteiger partial charge in [-0.05, 0) is 36.1 Å². The Bertz CT molecular complexity index is 1030. The summed E-state index contributed by atoms with van der Waals surface area (Å²) >= 11 is 0. The minimum absolute atomic E-state index is 0.0266. The Morgan fingerprint density at radius 3 is 2.59 bits per heavy atom. The first-order valence-electron chi connectivity index (χ1n) is 11.1. The highest BCUT2D eigenvalue weighted by Gasteiger charge is 2.30. The van der Waals surface area contributed by atoms with E-state index in [1.807, 2.05) is 36.4 Å². The Balaban J connectivity index is 1.67. The number of rotatable bonds is 8. The molecule has 34 heavy (non-hydrogen) atoms. The van der Waals surface area contributed by atoms with E-state index in [-0.39, 0.29) is 37.4 Å². The van der Waals surface area contributed by atoms with Crippen molar-refractivity contribution in [2.45, 2.75) is 25.4 Å². The van der Waals surface area contributed by atoms with Crippen LogP contribution in [0.2, 0.25) is 0 Å². The number of hydrazone groups is 1. The van der Waals surface area contributed by atoms with Gasteiger partial charge in [-0.15, -0.1) is 5.10 Å². The van der Waals surface area contributed by atoms with Gasteiger partial charge in [0.15, 0.2) is 0 Å². The largest absolute Gasteiger partial charge is 0.399 e. The van der Waals surface area contributed by atoms with E-state index in [0.717, 1.165) is 29.1 Å². The number of amidine groups is 1. The van der Waals surface area contributed by atoms with Gasteiger partial charge in [0, 0.05) is 25.8 Å². The van der Waals surface area contributed by atoms with Gasteiger partial charge in [0.2, 0.25) is 5.91 Å². The van der Waals surface area contributed by atoms with Gasteiger partial charge in [0.25, 0.3) is 0 Å². The van der Waals surface area contributed by atoms with Crippen molar-refractivity contribution in [3.63, 3.8) is 0 Å². The number of urea groups is 1. The third-order valence-electron chi connectivity index (χ3n) is 5.60. The molecular weight excluding hydrogens is 431 g/mol. The molecule has 2 aromatic rings. The summed E-state index contributed by atoms with van der Waals surface area (Å²) in [5.41, 5.74) is 14.8. The van der Waals surface area contributed by atoms with Crippen LogP contribution in [0.15, 0.2) is 53.6 Å². The average Bonchev–Trinajstić information content (AvgIpc) is 3.28. The normalized spacial score (nSPS) is 15.8. The molecule has 2 aromatic carbocycles. The van der Waals surface area contributed by atoms with Crippen molar-refractivity contribution in [3.05, 3.63) is 59.7 Å². The SMILES string of the molecule is [B]c1ccccc1C1CCCN1C(=O)CNC(=O)N(C/C(N)=N/N(C)N)Cc1ccc(N)cc1. The lowest BCUT2D eigenvalue weighted by atomic mass is 9.86. The van der Waals surface area contributed by atoms with Crippen molar-refractivity contribution in [1.29, 1.82) is 0 Å². The molecule has 1 atom stereocenters. The maximum absolute atomic E-state index is 13.0. The first-order chi connectivity index (χ1) is 16.2. The summed E-state index contributed by atoms with van der Waals surface area (Å²) in [6.07, 6.45) is 1.71. The molecule has 1 unspecified atom stereocenters. The van der Waals surface area contributed by atoms with E-state index in [0.29, 0.717) is 17.7 Å². The standard InChI is InChI=1S/C23H31BN8O2/c1-30(27)29-21(26)15-31(14-16-8-10-17(25)11-9-16)23(34)28-13-22(33)32-12-4-7-20(32)18-5-2-3-6-19(18)24/h2-3,5-6,8-11,20H,4,7,12-15,25,27H2,1H3,(H2,26,29)(H,28,34). The van der Waals surface area contributed by atoms with Gasteiger partial charge < -0.3 is 26.6 Å². The third-order valence-corrected chi connectivity index (χ3v) is 5.60. The fourth-order valence-corrected chi connectivity index (χ4v) is 4.04. The minimum Gasteiger partial charge on any atom is -0.399 e. The molecule has 1 saturated heterocycles. The van der Waals surface area contributed by atoms with Crippen molar-refractivity contribution >= 4 is 36.8 Å². The van der Waals surface area contributed by atoms with E-state index in [4.69, 9.17) is 25.2 Å². The van der Waals surface area contributed by atoms with Crippen LogP contribution in [-0.4, -0.2) is 67.2 Å². The Kier molecular flexibility index (Phi) is 8.36. The van der Waals surface area contributed by atoms with E-state index in [9.17, 15) is 9.59 Å². The molecule has 7 N–H and O–H groups in total. The van der Waals surface area contributed by atoms with Crippen molar-refractivity contribution in [1.82, 2.24) is 20.2 Å². The number of benzene rings is 2. The average molecular weight is 462 g/mol. The molecule has 0 aromatic heterocycles. The smallest absolute Gasteiger partial charge is 0.318 e. The Morgan fingerprint density at radius 1 is 1.21 bits per heavy atom. The number of nitrogen functional groups attached to an aromatic ring is 1. The van der Waals surface area contributed by atoms with Gasteiger partial charge >= 0.3 is 6.03 Å². The quantitative estimate of drug-likeness (QED) is 0.109. The zero-order valence-electron chi connectivity index (χ0n) is 19.4. The number of hydrazine groups is 1. The number of anilines is 1. The molecule has 2 radical (unpaired) electrons. The second-order valence-corrected chi connectivity index (χ2v) is 8.30. The molecule has 0 saturated carbocycles. The van der Waals surface area contributed by atoms with Gasteiger partial charge in [-0.2, -0.15) is 0 Å². The zero-order valence-corrected chi connectivity index (χ0v) is 19.4. The Hall–Kier alpha value is -3.73. The summed E-state index contributed by atoms with van der Waals surface area (Å²) in [7, 11) is 7.66. The first kappa shape index (κ1) is 24.9. The van der Waals surface area contributed by atoms with Gasteiger partial charge in [0.05, 0.1) is 19.1 Å². The minimum atomic E-state index is -0.446. The molecule has 0 aliphatic carbocycles. The number of carbonyl (C=O) groups is 2. The molecule has 10 nitrogen and oxygen atoms in total. The molecule has 3 rings (SSSR count). The summed E-state index contributed by atoms with van der Waals surface area (Å²) in [4.78, 5) is 29.2. The van der Waals surface area contributed by atoms with Gasteiger partial charge in [0.1, 0.15) is 13.7 Å².